The lowest BCUT2D eigenvalue weighted by Crippen LogP contribution is -2.72. The van der Waals surface area contributed by atoms with E-state index < -0.39 is 59.3 Å². The molecule has 1 unspecified atom stereocenters. The molecule has 0 aliphatic rings. The van der Waals surface area contributed by atoms with Gasteiger partial charge in [-0.2, -0.15) is 65.9 Å². The molecule has 0 aromatic heterocycles. The Labute approximate surface area is 179 Å². The molecule has 1 aromatic rings. The first-order valence-corrected chi connectivity index (χ1v) is 8.40. The molecule has 0 fully saturated rings. The van der Waals surface area contributed by atoms with E-state index >= 15 is 0 Å². The fourth-order valence-corrected chi connectivity index (χ4v) is 2.66. The molecule has 0 saturated carbocycles. The van der Waals surface area contributed by atoms with Gasteiger partial charge in [-0.1, -0.05) is 23.7 Å². The molecule has 1 atom stereocenters. The smallest absolute Gasteiger partial charge is 0.385 e. The minimum Gasteiger partial charge on any atom is -0.385 e. The number of hydrogen-bond acceptors (Lipinski definition) is 1. The molecule has 0 bridgehead atoms. The number of aliphatic hydroxyl groups is 1. The largest absolute Gasteiger partial charge is 0.460 e. The van der Waals surface area contributed by atoms with Crippen molar-refractivity contribution in [3.05, 3.63) is 34.9 Å². The summed E-state index contributed by atoms with van der Waals surface area (Å²) in [6.07, 6.45) is -10.6. The summed E-state index contributed by atoms with van der Waals surface area (Å²) in [7, 11) is 0. The summed E-state index contributed by atoms with van der Waals surface area (Å²) >= 11 is 5.46. The highest BCUT2D eigenvalue weighted by Crippen LogP contribution is 2.63. The number of rotatable bonds is 8. The van der Waals surface area contributed by atoms with E-state index in [9.17, 15) is 71.0 Å². The van der Waals surface area contributed by atoms with Gasteiger partial charge in [0.05, 0.1) is 12.0 Å². The van der Waals surface area contributed by atoms with Gasteiger partial charge in [0.25, 0.3) is 0 Å². The number of hydrogen-bond donors (Lipinski definition) is 1. The highest BCUT2D eigenvalue weighted by Gasteiger charge is 2.93. The molecule has 0 saturated heterocycles. The fraction of sp³-hybridized carbons (Fsp3) is 0.625. The third kappa shape index (κ3) is 4.44. The zero-order chi connectivity index (χ0) is 26.7. The van der Waals surface area contributed by atoms with Gasteiger partial charge in [0, 0.05) is 5.02 Å². The van der Waals surface area contributed by atoms with Gasteiger partial charge in [-0.15, -0.1) is 0 Å². The third-order valence-corrected chi connectivity index (χ3v) is 4.64. The first-order chi connectivity index (χ1) is 14.2. The van der Waals surface area contributed by atoms with Crippen LogP contribution in [0.15, 0.2) is 24.3 Å². The quantitative estimate of drug-likeness (QED) is 0.344. The molecule has 0 amide bonds. The van der Waals surface area contributed by atoms with Crippen LogP contribution in [0, 0.1) is 0 Å². The molecule has 33 heavy (non-hydrogen) atoms. The number of alkyl halides is 15. The van der Waals surface area contributed by atoms with Crippen LogP contribution >= 0.6 is 11.6 Å². The van der Waals surface area contributed by atoms with Crippen molar-refractivity contribution in [1.82, 2.24) is 0 Å². The minimum atomic E-state index is -8.37. The van der Waals surface area contributed by atoms with E-state index in [1.807, 2.05) is 0 Å². The summed E-state index contributed by atoms with van der Waals surface area (Å²) in [4.78, 5) is 0. The first-order valence-electron chi connectivity index (χ1n) is 8.03. The number of halogens is 16. The zero-order valence-electron chi connectivity index (χ0n) is 15.5. The van der Waals surface area contributed by atoms with Crippen molar-refractivity contribution in [2.24, 2.45) is 0 Å². The van der Waals surface area contributed by atoms with Crippen LogP contribution in [0.4, 0.5) is 65.9 Å². The van der Waals surface area contributed by atoms with Crippen molar-refractivity contribution in [1.29, 1.82) is 0 Å². The van der Waals surface area contributed by atoms with Crippen molar-refractivity contribution in [2.45, 2.75) is 60.7 Å². The SMILES string of the molecule is CC(O)(CC(F)(F)C(F)(F)C(F)(F)C(F)(F)C(F)(F)C(F)(F)C(F)(F)F)c1cccc(Cl)c1. The van der Waals surface area contributed by atoms with E-state index in [2.05, 4.69) is 0 Å². The van der Waals surface area contributed by atoms with Crippen LogP contribution in [-0.2, 0) is 5.60 Å². The Kier molecular flexibility index (Phi) is 7.13. The molecule has 0 aliphatic carbocycles. The monoisotopic (exact) mass is 538 g/mol. The van der Waals surface area contributed by atoms with Crippen LogP contribution in [0.25, 0.3) is 0 Å². The highest BCUT2D eigenvalue weighted by molar-refractivity contribution is 6.30. The Morgan fingerprint density at radius 1 is 0.667 bits per heavy atom. The molecule has 1 rings (SSSR count). The lowest BCUT2D eigenvalue weighted by Gasteiger charge is -2.42. The summed E-state index contributed by atoms with van der Waals surface area (Å²) in [6, 6.07) is 3.36. The molecule has 0 spiro atoms. The summed E-state index contributed by atoms with van der Waals surface area (Å²) in [6.45, 7) is 0.269. The van der Waals surface area contributed by atoms with Crippen molar-refractivity contribution in [3.63, 3.8) is 0 Å². The van der Waals surface area contributed by atoms with Crippen molar-refractivity contribution < 1.29 is 71.0 Å². The summed E-state index contributed by atoms with van der Waals surface area (Å²) in [5.74, 6) is -47.2. The van der Waals surface area contributed by atoms with Gasteiger partial charge in [0.15, 0.2) is 0 Å². The molecule has 192 valence electrons. The van der Waals surface area contributed by atoms with Crippen LogP contribution in [0.5, 0.6) is 0 Å². The van der Waals surface area contributed by atoms with Gasteiger partial charge < -0.3 is 5.11 Å². The third-order valence-electron chi connectivity index (χ3n) is 4.41. The van der Waals surface area contributed by atoms with Crippen LogP contribution < -0.4 is 0 Å². The van der Waals surface area contributed by atoms with Crippen LogP contribution in [0.1, 0.15) is 18.9 Å². The van der Waals surface area contributed by atoms with E-state index in [1.165, 1.54) is 0 Å². The van der Waals surface area contributed by atoms with Gasteiger partial charge in [-0.05, 0) is 24.6 Å². The van der Waals surface area contributed by atoms with Gasteiger partial charge in [0.1, 0.15) is 0 Å². The first kappa shape index (κ1) is 29.5. The van der Waals surface area contributed by atoms with Crippen molar-refractivity contribution in [2.75, 3.05) is 0 Å². The lowest BCUT2D eigenvalue weighted by molar-refractivity contribution is -0.453. The van der Waals surface area contributed by atoms with Gasteiger partial charge >= 0.3 is 41.7 Å². The Bertz CT molecular complexity index is 860. The standard InChI is InChI=1S/C16H10ClF15O/c1-9(33,7-3-2-4-8(17)5-7)6-10(18,19)11(20,21)12(22,23)13(24,25)14(26,27)15(28,29)16(30,31)32/h2-5,33H,6H2,1H3. The maximum absolute atomic E-state index is 14.0. The maximum atomic E-state index is 14.0. The Morgan fingerprint density at radius 2 is 1.06 bits per heavy atom. The Balaban J connectivity index is 3.54. The van der Waals surface area contributed by atoms with Gasteiger partial charge in [-0.25, -0.2) is 0 Å². The topological polar surface area (TPSA) is 20.2 Å². The van der Waals surface area contributed by atoms with E-state index in [4.69, 9.17) is 11.6 Å². The summed E-state index contributed by atoms with van der Waals surface area (Å²) < 4.78 is 198. The van der Waals surface area contributed by atoms with E-state index in [0.717, 1.165) is 18.2 Å². The molecule has 1 N–H and O–H groups in total. The minimum absolute atomic E-state index is 0.269. The second-order valence-electron chi connectivity index (χ2n) is 7.04. The Morgan fingerprint density at radius 3 is 1.45 bits per heavy atom. The maximum Gasteiger partial charge on any atom is 0.460 e. The molecule has 0 aliphatic heterocycles. The number of benzene rings is 1. The van der Waals surface area contributed by atoms with E-state index in [0.29, 0.717) is 6.07 Å². The molecule has 0 radical (unpaired) electrons. The second-order valence-corrected chi connectivity index (χ2v) is 7.47. The van der Waals surface area contributed by atoms with Crippen molar-refractivity contribution >= 4 is 11.6 Å². The normalized spacial score (nSPS) is 17.2. The van der Waals surface area contributed by atoms with Crippen molar-refractivity contribution in [3.8, 4) is 0 Å². The van der Waals surface area contributed by atoms with Crippen LogP contribution in [0.2, 0.25) is 5.02 Å². The average Bonchev–Trinajstić information content (AvgIpc) is 2.59. The summed E-state index contributed by atoms with van der Waals surface area (Å²) in [5.41, 5.74) is -4.07. The van der Waals surface area contributed by atoms with E-state index in [-0.39, 0.29) is 11.9 Å². The van der Waals surface area contributed by atoms with Gasteiger partial charge in [0.2, 0.25) is 0 Å². The van der Waals surface area contributed by atoms with Gasteiger partial charge in [-0.3, -0.25) is 0 Å². The summed E-state index contributed by atoms with van der Waals surface area (Å²) in [5, 5.41) is 9.63. The molecule has 0 heterocycles. The fourth-order valence-electron chi connectivity index (χ4n) is 2.47. The molecular weight excluding hydrogens is 529 g/mol. The molecule has 17 heteroatoms. The molecule has 1 aromatic carbocycles. The van der Waals surface area contributed by atoms with Crippen LogP contribution in [-0.4, -0.2) is 46.8 Å². The average molecular weight is 539 g/mol. The lowest BCUT2D eigenvalue weighted by atomic mass is 9.84. The molecular formula is C16H10ClF15O. The zero-order valence-corrected chi connectivity index (χ0v) is 16.3. The Hall–Kier alpha value is -1.58. The predicted octanol–water partition coefficient (Wildman–Crippen LogP) is 7.31. The van der Waals surface area contributed by atoms with E-state index in [1.54, 1.807) is 0 Å². The predicted molar refractivity (Wildman–Crippen MR) is 81.4 cm³/mol. The highest BCUT2D eigenvalue weighted by atomic mass is 35.5. The van der Waals surface area contributed by atoms with Crippen LogP contribution in [0.3, 0.4) is 0 Å². The molecule has 1 nitrogen and oxygen atoms in total. The second kappa shape index (κ2) is 7.99.